The number of alkyl halides is 3. The maximum atomic E-state index is 13.5. The van der Waals surface area contributed by atoms with Crippen molar-refractivity contribution >= 4 is 35.2 Å². The molecular formula is C23H21ClF4N2O3S. The van der Waals surface area contributed by atoms with E-state index in [0.29, 0.717) is 24.8 Å². The van der Waals surface area contributed by atoms with Crippen LogP contribution in [-0.2, 0) is 16.1 Å². The number of benzene rings is 2. The second-order valence-electron chi connectivity index (χ2n) is 8.58. The molecule has 182 valence electrons. The highest BCUT2D eigenvalue weighted by Crippen LogP contribution is 2.55. The number of ether oxygens (including phenoxy) is 1. The van der Waals surface area contributed by atoms with Crippen LogP contribution in [0, 0.1) is 17.7 Å². The van der Waals surface area contributed by atoms with E-state index >= 15 is 0 Å². The first-order valence-electron chi connectivity index (χ1n) is 10.5. The third-order valence-electron chi connectivity index (χ3n) is 6.11. The molecule has 3 aliphatic rings. The van der Waals surface area contributed by atoms with Crippen LogP contribution >= 0.6 is 23.4 Å². The predicted octanol–water partition coefficient (Wildman–Crippen LogP) is 5.07. The number of thioether (sulfide) groups is 1. The monoisotopic (exact) mass is 516 g/mol. The Morgan fingerprint density at radius 3 is 2.47 bits per heavy atom. The fraction of sp³-hybridized carbons (Fsp3) is 0.391. The summed E-state index contributed by atoms with van der Waals surface area (Å²) in [5.74, 6) is -1.02. The Labute approximate surface area is 202 Å². The van der Waals surface area contributed by atoms with Crippen LogP contribution in [0.1, 0.15) is 24.8 Å². The Morgan fingerprint density at radius 1 is 1.12 bits per heavy atom. The van der Waals surface area contributed by atoms with Gasteiger partial charge in [0, 0.05) is 29.0 Å². The van der Waals surface area contributed by atoms with Crippen molar-refractivity contribution in [1.29, 1.82) is 0 Å². The maximum Gasteiger partial charge on any atom is 0.446 e. The minimum Gasteiger partial charge on any atom is -0.484 e. The molecule has 3 aliphatic carbocycles. The first-order valence-corrected chi connectivity index (χ1v) is 11.7. The molecule has 2 bridgehead atoms. The lowest BCUT2D eigenvalue weighted by molar-refractivity contribution is -0.126. The van der Waals surface area contributed by atoms with E-state index in [-0.39, 0.29) is 64.2 Å². The van der Waals surface area contributed by atoms with Crippen LogP contribution in [0.25, 0.3) is 0 Å². The Balaban J connectivity index is 1.22. The van der Waals surface area contributed by atoms with E-state index in [1.165, 1.54) is 24.3 Å². The summed E-state index contributed by atoms with van der Waals surface area (Å²) in [5, 5.41) is 5.75. The molecule has 11 heteroatoms. The average molecular weight is 517 g/mol. The highest BCUT2D eigenvalue weighted by atomic mass is 35.5. The summed E-state index contributed by atoms with van der Waals surface area (Å²) in [6.07, 6.45) is 1.89. The summed E-state index contributed by atoms with van der Waals surface area (Å²) in [6, 6.07) is 9.76. The van der Waals surface area contributed by atoms with Crippen molar-refractivity contribution in [3.63, 3.8) is 0 Å². The molecule has 2 aromatic carbocycles. The van der Waals surface area contributed by atoms with Gasteiger partial charge in [0.05, 0.1) is 5.02 Å². The Morgan fingerprint density at radius 2 is 1.82 bits per heavy atom. The number of nitrogens with one attached hydrogen (secondary N) is 2. The summed E-state index contributed by atoms with van der Waals surface area (Å²) in [4.78, 5) is 25.1. The molecule has 2 amide bonds. The molecule has 3 fully saturated rings. The van der Waals surface area contributed by atoms with Crippen LogP contribution in [0.2, 0.25) is 5.02 Å². The predicted molar refractivity (Wildman–Crippen MR) is 119 cm³/mol. The molecule has 0 spiro atoms. The fourth-order valence-corrected chi connectivity index (χ4v) is 5.28. The lowest BCUT2D eigenvalue weighted by Crippen LogP contribution is -2.53. The van der Waals surface area contributed by atoms with Crippen molar-refractivity contribution in [2.75, 3.05) is 6.61 Å². The van der Waals surface area contributed by atoms with Crippen LogP contribution in [0.3, 0.4) is 0 Å². The first-order chi connectivity index (χ1) is 16.0. The van der Waals surface area contributed by atoms with Gasteiger partial charge in [-0.05, 0) is 66.8 Å². The lowest BCUT2D eigenvalue weighted by atomic mass is 9.76. The van der Waals surface area contributed by atoms with E-state index in [4.69, 9.17) is 16.3 Å². The Bertz CT molecular complexity index is 1070. The van der Waals surface area contributed by atoms with Crippen molar-refractivity contribution < 1.29 is 31.9 Å². The van der Waals surface area contributed by atoms with Gasteiger partial charge in [0.2, 0.25) is 5.91 Å². The van der Waals surface area contributed by atoms with Gasteiger partial charge in [-0.15, -0.1) is 0 Å². The average Bonchev–Trinajstić information content (AvgIpc) is 3.28. The number of fused-ring (bicyclic) bond motifs is 1. The zero-order valence-electron chi connectivity index (χ0n) is 17.8. The standard InChI is InChI=1S/C23H21ClF4N2O3S/c24-18-6-3-15(7-19(18)25)33-12-20(31)30-22-8-14(9-22)17(10-22)21(32)29-11-13-1-4-16(5-2-13)34-23(26,27)28/h1-7,14,17H,8-12H2,(H,29,32)(H,30,31). The maximum absolute atomic E-state index is 13.5. The Hall–Kier alpha value is -2.46. The molecule has 5 rings (SSSR count). The zero-order chi connectivity index (χ0) is 24.5. The summed E-state index contributed by atoms with van der Waals surface area (Å²) in [5.41, 5.74) is -4.09. The molecule has 0 aliphatic heterocycles. The van der Waals surface area contributed by atoms with Gasteiger partial charge >= 0.3 is 5.51 Å². The smallest absolute Gasteiger partial charge is 0.446 e. The molecule has 5 nitrogen and oxygen atoms in total. The van der Waals surface area contributed by atoms with E-state index in [1.807, 2.05) is 0 Å². The van der Waals surface area contributed by atoms with Gasteiger partial charge in [0.15, 0.2) is 6.61 Å². The van der Waals surface area contributed by atoms with Crippen molar-refractivity contribution in [2.45, 2.75) is 41.7 Å². The number of carbonyl (C=O) groups is 2. The van der Waals surface area contributed by atoms with Gasteiger partial charge in [0.1, 0.15) is 11.6 Å². The van der Waals surface area contributed by atoms with Crippen LogP contribution in [0.15, 0.2) is 47.4 Å². The van der Waals surface area contributed by atoms with Gasteiger partial charge in [-0.25, -0.2) is 4.39 Å². The molecule has 1 atom stereocenters. The zero-order valence-corrected chi connectivity index (χ0v) is 19.3. The van der Waals surface area contributed by atoms with Crippen LogP contribution in [0.5, 0.6) is 5.75 Å². The molecule has 34 heavy (non-hydrogen) atoms. The lowest BCUT2D eigenvalue weighted by Gasteiger charge is -2.39. The minimum absolute atomic E-state index is 0.0380. The third kappa shape index (κ3) is 5.96. The molecule has 1 unspecified atom stereocenters. The number of hydrogen-bond acceptors (Lipinski definition) is 4. The number of hydrogen-bond donors (Lipinski definition) is 2. The van der Waals surface area contributed by atoms with Crippen LogP contribution < -0.4 is 15.4 Å². The summed E-state index contributed by atoms with van der Waals surface area (Å²) < 4.78 is 56.1. The van der Waals surface area contributed by atoms with Crippen molar-refractivity contribution in [3.8, 4) is 5.75 Å². The highest BCUT2D eigenvalue weighted by Gasteiger charge is 2.58. The van der Waals surface area contributed by atoms with E-state index < -0.39 is 16.9 Å². The minimum atomic E-state index is -4.34. The van der Waals surface area contributed by atoms with Crippen LogP contribution in [-0.4, -0.2) is 29.5 Å². The van der Waals surface area contributed by atoms with E-state index in [0.717, 1.165) is 6.07 Å². The van der Waals surface area contributed by atoms with E-state index in [9.17, 15) is 27.2 Å². The van der Waals surface area contributed by atoms with Gasteiger partial charge in [0.25, 0.3) is 5.91 Å². The SMILES string of the molecule is O=C(COc1ccc(Cl)c(F)c1)NC12CC(C1)C(C(=O)NCc1ccc(SC(F)(F)F)cc1)C2. The molecule has 2 aromatic rings. The molecule has 0 heterocycles. The highest BCUT2D eigenvalue weighted by molar-refractivity contribution is 8.00. The fourth-order valence-electron chi connectivity index (χ4n) is 4.62. The summed E-state index contributed by atoms with van der Waals surface area (Å²) in [6.45, 7) is -0.0726. The Kier molecular flexibility index (Phi) is 7.00. The molecule has 0 radical (unpaired) electrons. The number of amides is 2. The first kappa shape index (κ1) is 24.7. The molecule has 0 aromatic heterocycles. The number of rotatable bonds is 8. The summed E-state index contributed by atoms with van der Waals surface area (Å²) in [7, 11) is 0. The molecular weight excluding hydrogens is 496 g/mol. The molecule has 0 saturated heterocycles. The molecule has 2 N–H and O–H groups in total. The quantitative estimate of drug-likeness (QED) is 0.380. The number of halogens is 5. The number of carbonyl (C=O) groups excluding carboxylic acids is 2. The van der Waals surface area contributed by atoms with Crippen molar-refractivity contribution in [1.82, 2.24) is 10.6 Å². The van der Waals surface area contributed by atoms with Crippen molar-refractivity contribution in [2.24, 2.45) is 11.8 Å². The normalized spacial score (nSPS) is 23.2. The van der Waals surface area contributed by atoms with Crippen molar-refractivity contribution in [3.05, 3.63) is 58.9 Å². The molecule has 3 saturated carbocycles. The van der Waals surface area contributed by atoms with Crippen LogP contribution in [0.4, 0.5) is 17.6 Å². The van der Waals surface area contributed by atoms with Gasteiger partial charge in [-0.1, -0.05) is 23.7 Å². The van der Waals surface area contributed by atoms with Gasteiger partial charge in [-0.3, -0.25) is 9.59 Å². The topological polar surface area (TPSA) is 67.4 Å². The van der Waals surface area contributed by atoms with Gasteiger partial charge in [-0.2, -0.15) is 13.2 Å². The second kappa shape index (κ2) is 9.65. The van der Waals surface area contributed by atoms with E-state index in [1.54, 1.807) is 12.1 Å². The summed E-state index contributed by atoms with van der Waals surface area (Å²) >= 11 is 5.44. The van der Waals surface area contributed by atoms with Gasteiger partial charge < -0.3 is 15.4 Å². The van der Waals surface area contributed by atoms with E-state index in [2.05, 4.69) is 10.6 Å². The largest absolute Gasteiger partial charge is 0.484 e. The second-order valence-corrected chi connectivity index (χ2v) is 10.1. The third-order valence-corrected chi connectivity index (χ3v) is 7.16.